The molecule has 0 amide bonds. The fourth-order valence-corrected chi connectivity index (χ4v) is 2.47. The third-order valence-corrected chi connectivity index (χ3v) is 3.58. The van der Waals surface area contributed by atoms with E-state index in [0.29, 0.717) is 6.04 Å². The summed E-state index contributed by atoms with van der Waals surface area (Å²) in [5.74, 6) is 0.677. The first kappa shape index (κ1) is 15.5. The Morgan fingerprint density at radius 1 is 1.10 bits per heavy atom. The third-order valence-electron chi connectivity index (χ3n) is 3.58. The maximum Gasteiger partial charge on any atom is 0.123 e. The van der Waals surface area contributed by atoms with Crippen LogP contribution in [0.5, 0.6) is 5.75 Å². The van der Waals surface area contributed by atoms with Crippen molar-refractivity contribution in [1.29, 1.82) is 0 Å². The van der Waals surface area contributed by atoms with Crippen LogP contribution in [-0.4, -0.2) is 13.2 Å². The molecule has 21 heavy (non-hydrogen) atoms. The van der Waals surface area contributed by atoms with Gasteiger partial charge in [-0.05, 0) is 55.7 Å². The molecule has 0 spiro atoms. The van der Waals surface area contributed by atoms with Crippen molar-refractivity contribution in [1.82, 2.24) is 5.32 Å². The van der Waals surface area contributed by atoms with Crippen LogP contribution in [-0.2, 0) is 6.42 Å². The molecule has 2 rings (SSSR count). The van der Waals surface area contributed by atoms with Gasteiger partial charge in [0.2, 0.25) is 0 Å². The second-order valence-corrected chi connectivity index (χ2v) is 5.40. The predicted molar refractivity (Wildman–Crippen MR) is 84.1 cm³/mol. The molecule has 0 aliphatic rings. The van der Waals surface area contributed by atoms with Crippen molar-refractivity contribution >= 4 is 0 Å². The largest absolute Gasteiger partial charge is 0.497 e. The standard InChI is InChI=1S/C18H22FNO/c1-13(11-15-7-9-18(21-3)10-8-15)20-14(2)16-5-4-6-17(19)12-16/h4-10,12-14,20H,11H2,1-3H3/t13?,14-/m0/s1. The lowest BCUT2D eigenvalue weighted by atomic mass is 10.0. The van der Waals surface area contributed by atoms with E-state index in [1.165, 1.54) is 11.6 Å². The highest BCUT2D eigenvalue weighted by molar-refractivity contribution is 5.27. The highest BCUT2D eigenvalue weighted by Gasteiger charge is 2.10. The van der Waals surface area contributed by atoms with Crippen LogP contribution >= 0.6 is 0 Å². The average Bonchev–Trinajstić information content (AvgIpc) is 2.48. The van der Waals surface area contributed by atoms with Crippen LogP contribution in [0.1, 0.15) is 31.0 Å². The van der Waals surface area contributed by atoms with Crippen molar-refractivity contribution in [3.63, 3.8) is 0 Å². The molecule has 0 radical (unpaired) electrons. The van der Waals surface area contributed by atoms with Crippen LogP contribution in [0.4, 0.5) is 4.39 Å². The fourth-order valence-electron chi connectivity index (χ4n) is 2.47. The lowest BCUT2D eigenvalue weighted by molar-refractivity contribution is 0.414. The van der Waals surface area contributed by atoms with Gasteiger partial charge >= 0.3 is 0 Å². The van der Waals surface area contributed by atoms with Crippen molar-refractivity contribution in [3.05, 3.63) is 65.5 Å². The molecule has 2 aromatic rings. The Labute approximate surface area is 126 Å². The van der Waals surface area contributed by atoms with Gasteiger partial charge in [0, 0.05) is 12.1 Å². The van der Waals surface area contributed by atoms with E-state index in [-0.39, 0.29) is 11.9 Å². The zero-order valence-corrected chi connectivity index (χ0v) is 12.8. The highest BCUT2D eigenvalue weighted by atomic mass is 19.1. The smallest absolute Gasteiger partial charge is 0.123 e. The van der Waals surface area contributed by atoms with Crippen LogP contribution < -0.4 is 10.1 Å². The second-order valence-electron chi connectivity index (χ2n) is 5.40. The molecule has 3 heteroatoms. The Bertz CT molecular complexity index is 568. The van der Waals surface area contributed by atoms with Crippen LogP contribution in [0, 0.1) is 5.82 Å². The van der Waals surface area contributed by atoms with E-state index in [2.05, 4.69) is 31.3 Å². The number of hydrogen-bond donors (Lipinski definition) is 1. The van der Waals surface area contributed by atoms with Gasteiger partial charge in [-0.15, -0.1) is 0 Å². The molecule has 1 unspecified atom stereocenters. The zero-order chi connectivity index (χ0) is 15.2. The summed E-state index contributed by atoms with van der Waals surface area (Å²) in [6, 6.07) is 15.3. The maximum absolute atomic E-state index is 13.2. The fraction of sp³-hybridized carbons (Fsp3) is 0.333. The van der Waals surface area contributed by atoms with E-state index in [1.54, 1.807) is 19.2 Å². The minimum absolute atomic E-state index is 0.119. The first-order valence-corrected chi connectivity index (χ1v) is 7.23. The minimum atomic E-state index is -0.191. The van der Waals surface area contributed by atoms with Crippen LogP contribution in [0.3, 0.4) is 0 Å². The SMILES string of the molecule is COc1ccc(CC(C)N[C@@H](C)c2cccc(F)c2)cc1. The molecule has 0 heterocycles. The quantitative estimate of drug-likeness (QED) is 0.863. The van der Waals surface area contributed by atoms with Crippen LogP contribution in [0.15, 0.2) is 48.5 Å². The van der Waals surface area contributed by atoms with Crippen molar-refractivity contribution in [2.24, 2.45) is 0 Å². The predicted octanol–water partition coefficient (Wildman–Crippen LogP) is 4.12. The van der Waals surface area contributed by atoms with E-state index >= 15 is 0 Å². The number of halogens is 1. The van der Waals surface area contributed by atoms with Gasteiger partial charge in [-0.1, -0.05) is 24.3 Å². The summed E-state index contributed by atoms with van der Waals surface area (Å²) >= 11 is 0. The Balaban J connectivity index is 1.92. The molecule has 2 atom stereocenters. The van der Waals surface area contributed by atoms with E-state index in [4.69, 9.17) is 4.74 Å². The van der Waals surface area contributed by atoms with Gasteiger partial charge in [0.1, 0.15) is 11.6 Å². The van der Waals surface area contributed by atoms with E-state index < -0.39 is 0 Å². The Morgan fingerprint density at radius 3 is 2.43 bits per heavy atom. The summed E-state index contributed by atoms with van der Waals surface area (Å²) < 4.78 is 18.4. The molecule has 0 bridgehead atoms. The van der Waals surface area contributed by atoms with Crippen molar-refractivity contribution in [2.75, 3.05) is 7.11 Å². The lowest BCUT2D eigenvalue weighted by Crippen LogP contribution is -2.30. The van der Waals surface area contributed by atoms with Crippen LogP contribution in [0.25, 0.3) is 0 Å². The molecule has 0 aliphatic heterocycles. The molecule has 0 aromatic heterocycles. The molecule has 0 saturated carbocycles. The van der Waals surface area contributed by atoms with Gasteiger partial charge < -0.3 is 10.1 Å². The Morgan fingerprint density at radius 2 is 1.81 bits per heavy atom. The molecule has 0 saturated heterocycles. The third kappa shape index (κ3) is 4.57. The number of nitrogens with one attached hydrogen (secondary N) is 1. The monoisotopic (exact) mass is 287 g/mol. The van der Waals surface area contributed by atoms with Crippen molar-refractivity contribution in [3.8, 4) is 5.75 Å². The van der Waals surface area contributed by atoms with E-state index in [0.717, 1.165) is 17.7 Å². The summed E-state index contributed by atoms with van der Waals surface area (Å²) in [7, 11) is 1.67. The molecule has 0 fully saturated rings. The molecule has 2 aromatic carbocycles. The first-order valence-electron chi connectivity index (χ1n) is 7.23. The summed E-state index contributed by atoms with van der Waals surface area (Å²) in [5, 5.41) is 3.50. The summed E-state index contributed by atoms with van der Waals surface area (Å²) in [6.45, 7) is 4.19. The van der Waals surface area contributed by atoms with Crippen molar-refractivity contribution in [2.45, 2.75) is 32.4 Å². The molecule has 2 nitrogen and oxygen atoms in total. The van der Waals surface area contributed by atoms with Gasteiger partial charge in [0.25, 0.3) is 0 Å². The average molecular weight is 287 g/mol. The van der Waals surface area contributed by atoms with Gasteiger partial charge in [-0.3, -0.25) is 0 Å². The van der Waals surface area contributed by atoms with Gasteiger partial charge in [-0.25, -0.2) is 4.39 Å². The van der Waals surface area contributed by atoms with Crippen molar-refractivity contribution < 1.29 is 9.13 Å². The summed E-state index contributed by atoms with van der Waals surface area (Å²) in [6.07, 6.45) is 0.920. The number of methoxy groups -OCH3 is 1. The zero-order valence-electron chi connectivity index (χ0n) is 12.8. The number of rotatable bonds is 6. The number of benzene rings is 2. The maximum atomic E-state index is 13.2. The van der Waals surface area contributed by atoms with Gasteiger partial charge in [0.05, 0.1) is 7.11 Å². The van der Waals surface area contributed by atoms with E-state index in [9.17, 15) is 4.39 Å². The number of ether oxygens (including phenoxy) is 1. The van der Waals surface area contributed by atoms with Crippen LogP contribution in [0.2, 0.25) is 0 Å². The van der Waals surface area contributed by atoms with Gasteiger partial charge in [0.15, 0.2) is 0 Å². The summed E-state index contributed by atoms with van der Waals surface area (Å²) in [4.78, 5) is 0. The van der Waals surface area contributed by atoms with Gasteiger partial charge in [-0.2, -0.15) is 0 Å². The molecule has 0 aliphatic carbocycles. The molecule has 112 valence electrons. The molecule has 1 N–H and O–H groups in total. The Hall–Kier alpha value is -1.87. The molecular formula is C18H22FNO. The van der Waals surface area contributed by atoms with E-state index in [1.807, 2.05) is 18.2 Å². The topological polar surface area (TPSA) is 21.3 Å². The second kappa shape index (κ2) is 7.23. The lowest BCUT2D eigenvalue weighted by Gasteiger charge is -2.20. The molecular weight excluding hydrogens is 265 g/mol. The summed E-state index contributed by atoms with van der Waals surface area (Å²) in [5.41, 5.74) is 2.22. The number of hydrogen-bond acceptors (Lipinski definition) is 2. The normalized spacial score (nSPS) is 13.7. The minimum Gasteiger partial charge on any atom is -0.497 e. The Kier molecular flexibility index (Phi) is 5.34. The highest BCUT2D eigenvalue weighted by Crippen LogP contribution is 2.16. The first-order chi connectivity index (χ1) is 10.1.